The van der Waals surface area contributed by atoms with E-state index in [2.05, 4.69) is 22.6 Å². The highest BCUT2D eigenvalue weighted by Gasteiger charge is 2.30. The predicted molar refractivity (Wildman–Crippen MR) is 84.2 cm³/mol. The minimum atomic E-state index is 0.230. The molecule has 0 N–H and O–H groups in total. The van der Waals surface area contributed by atoms with Gasteiger partial charge >= 0.3 is 0 Å². The molecular weight excluding hydrogens is 282 g/mol. The summed E-state index contributed by atoms with van der Waals surface area (Å²) in [4.78, 5) is 15.9. The number of carbonyl (C=O) groups is 1. The SMILES string of the molecule is Cn1cc([C@H]2CCCN2C(=O)CCCc2cccs2)cn1. The van der Waals surface area contributed by atoms with Crippen LogP contribution in [0.2, 0.25) is 0 Å². The Morgan fingerprint density at radius 3 is 3.14 bits per heavy atom. The van der Waals surface area contributed by atoms with Gasteiger partial charge < -0.3 is 4.90 Å². The summed E-state index contributed by atoms with van der Waals surface area (Å²) in [5, 5.41) is 6.32. The van der Waals surface area contributed by atoms with Crippen molar-refractivity contribution in [1.29, 1.82) is 0 Å². The van der Waals surface area contributed by atoms with Crippen LogP contribution in [0, 0.1) is 0 Å². The third-order valence-corrected chi connectivity index (χ3v) is 5.01. The molecule has 0 aromatic carbocycles. The maximum Gasteiger partial charge on any atom is 0.223 e. The Bertz CT molecular complexity index is 590. The molecule has 2 aromatic rings. The Morgan fingerprint density at radius 1 is 1.52 bits per heavy atom. The number of aryl methyl sites for hydroxylation is 2. The number of hydrogen-bond acceptors (Lipinski definition) is 3. The second kappa shape index (κ2) is 6.43. The van der Waals surface area contributed by atoms with E-state index in [0.717, 1.165) is 32.2 Å². The zero-order valence-electron chi connectivity index (χ0n) is 12.4. The van der Waals surface area contributed by atoms with Gasteiger partial charge in [0.25, 0.3) is 0 Å². The minimum absolute atomic E-state index is 0.230. The molecule has 21 heavy (non-hydrogen) atoms. The molecule has 1 amide bonds. The highest BCUT2D eigenvalue weighted by atomic mass is 32.1. The molecule has 1 aliphatic heterocycles. The lowest BCUT2D eigenvalue weighted by Gasteiger charge is -2.24. The summed E-state index contributed by atoms with van der Waals surface area (Å²) >= 11 is 1.77. The summed E-state index contributed by atoms with van der Waals surface area (Å²) in [7, 11) is 1.92. The second-order valence-electron chi connectivity index (χ2n) is 5.63. The fourth-order valence-electron chi connectivity index (χ4n) is 3.04. The van der Waals surface area contributed by atoms with Crippen molar-refractivity contribution < 1.29 is 4.79 Å². The second-order valence-corrected chi connectivity index (χ2v) is 6.66. The molecule has 3 rings (SSSR count). The van der Waals surface area contributed by atoms with Crippen LogP contribution in [0.5, 0.6) is 0 Å². The van der Waals surface area contributed by atoms with Crippen LogP contribution in [0.4, 0.5) is 0 Å². The summed E-state index contributed by atoms with van der Waals surface area (Å²) in [6.45, 7) is 0.886. The van der Waals surface area contributed by atoms with Gasteiger partial charge in [0.2, 0.25) is 5.91 Å². The van der Waals surface area contributed by atoms with Crippen molar-refractivity contribution in [2.75, 3.05) is 6.54 Å². The van der Waals surface area contributed by atoms with Crippen molar-refractivity contribution in [3.05, 3.63) is 40.3 Å². The van der Waals surface area contributed by atoms with E-state index in [4.69, 9.17) is 0 Å². The van der Waals surface area contributed by atoms with Gasteiger partial charge in [-0.15, -0.1) is 11.3 Å². The fraction of sp³-hybridized carbons (Fsp3) is 0.500. The molecule has 0 saturated carbocycles. The molecule has 2 aromatic heterocycles. The zero-order chi connectivity index (χ0) is 14.7. The van der Waals surface area contributed by atoms with Crippen LogP contribution in [0.3, 0.4) is 0 Å². The van der Waals surface area contributed by atoms with Crippen LogP contribution in [0.25, 0.3) is 0 Å². The predicted octanol–water partition coefficient (Wildman–Crippen LogP) is 3.17. The smallest absolute Gasteiger partial charge is 0.223 e. The first-order valence-electron chi connectivity index (χ1n) is 7.54. The average Bonchev–Trinajstić information content (AvgIpc) is 3.18. The van der Waals surface area contributed by atoms with Crippen LogP contribution in [-0.2, 0) is 18.3 Å². The molecule has 1 aliphatic rings. The molecule has 0 spiro atoms. The maximum absolute atomic E-state index is 12.5. The molecule has 0 bridgehead atoms. The highest BCUT2D eigenvalue weighted by Crippen LogP contribution is 2.32. The third kappa shape index (κ3) is 3.35. The summed E-state index contributed by atoms with van der Waals surface area (Å²) in [6.07, 6.45) is 8.67. The van der Waals surface area contributed by atoms with Gasteiger partial charge in [-0.1, -0.05) is 6.07 Å². The van der Waals surface area contributed by atoms with E-state index in [-0.39, 0.29) is 11.9 Å². The van der Waals surface area contributed by atoms with Crippen LogP contribution in [-0.4, -0.2) is 27.1 Å². The van der Waals surface area contributed by atoms with E-state index >= 15 is 0 Å². The van der Waals surface area contributed by atoms with Crippen molar-refractivity contribution in [3.63, 3.8) is 0 Å². The molecule has 1 fully saturated rings. The first-order valence-corrected chi connectivity index (χ1v) is 8.42. The van der Waals surface area contributed by atoms with Gasteiger partial charge in [-0.3, -0.25) is 9.48 Å². The Morgan fingerprint density at radius 2 is 2.43 bits per heavy atom. The number of thiophene rings is 1. The van der Waals surface area contributed by atoms with Crippen molar-refractivity contribution in [1.82, 2.24) is 14.7 Å². The van der Waals surface area contributed by atoms with E-state index in [1.165, 1.54) is 10.4 Å². The number of rotatable bonds is 5. The number of carbonyl (C=O) groups excluding carboxylic acids is 1. The van der Waals surface area contributed by atoms with E-state index in [1.54, 1.807) is 11.3 Å². The Labute approximate surface area is 129 Å². The number of amides is 1. The third-order valence-electron chi connectivity index (χ3n) is 4.08. The summed E-state index contributed by atoms with van der Waals surface area (Å²) in [5.41, 5.74) is 1.17. The largest absolute Gasteiger partial charge is 0.336 e. The van der Waals surface area contributed by atoms with Gasteiger partial charge in [-0.2, -0.15) is 5.10 Å². The highest BCUT2D eigenvalue weighted by molar-refractivity contribution is 7.09. The molecule has 3 heterocycles. The number of nitrogens with zero attached hydrogens (tertiary/aromatic N) is 3. The van der Waals surface area contributed by atoms with Crippen molar-refractivity contribution in [3.8, 4) is 0 Å². The van der Waals surface area contributed by atoms with E-state index in [0.29, 0.717) is 6.42 Å². The Balaban J connectivity index is 1.55. The molecule has 0 radical (unpaired) electrons. The minimum Gasteiger partial charge on any atom is -0.336 e. The standard InChI is InChI=1S/C16H21N3OS/c1-18-12-13(11-17-18)15-7-3-9-19(15)16(20)8-2-5-14-6-4-10-21-14/h4,6,10-12,15H,2-3,5,7-9H2,1H3/t15-/m1/s1. The first-order chi connectivity index (χ1) is 10.2. The molecule has 1 atom stereocenters. The van der Waals surface area contributed by atoms with Crippen LogP contribution >= 0.6 is 11.3 Å². The van der Waals surface area contributed by atoms with Crippen molar-refractivity contribution in [2.24, 2.45) is 7.05 Å². The zero-order valence-corrected chi connectivity index (χ0v) is 13.2. The van der Waals surface area contributed by atoms with E-state index in [9.17, 15) is 4.79 Å². The number of aromatic nitrogens is 2. The van der Waals surface area contributed by atoms with Gasteiger partial charge in [0.15, 0.2) is 0 Å². The van der Waals surface area contributed by atoms with E-state index in [1.807, 2.05) is 29.0 Å². The topological polar surface area (TPSA) is 38.1 Å². The lowest BCUT2D eigenvalue weighted by molar-refractivity contribution is -0.132. The Kier molecular flexibility index (Phi) is 4.39. The molecular formula is C16H21N3OS. The van der Waals surface area contributed by atoms with Crippen LogP contribution in [0.15, 0.2) is 29.9 Å². The average molecular weight is 303 g/mol. The lowest BCUT2D eigenvalue weighted by atomic mass is 10.1. The monoisotopic (exact) mass is 303 g/mol. The van der Waals surface area contributed by atoms with Crippen LogP contribution < -0.4 is 0 Å². The lowest BCUT2D eigenvalue weighted by Crippen LogP contribution is -2.30. The maximum atomic E-state index is 12.5. The van der Waals surface area contributed by atoms with Gasteiger partial charge in [-0.05, 0) is 37.1 Å². The molecule has 0 aliphatic carbocycles. The molecule has 4 nitrogen and oxygen atoms in total. The molecule has 0 unspecified atom stereocenters. The van der Waals surface area contributed by atoms with Crippen molar-refractivity contribution in [2.45, 2.75) is 38.1 Å². The normalized spacial score (nSPS) is 18.3. The summed E-state index contributed by atoms with van der Waals surface area (Å²) < 4.78 is 1.81. The van der Waals surface area contributed by atoms with Gasteiger partial charge in [0.05, 0.1) is 12.2 Å². The van der Waals surface area contributed by atoms with Crippen LogP contribution in [0.1, 0.15) is 42.2 Å². The number of hydrogen-bond donors (Lipinski definition) is 0. The van der Waals surface area contributed by atoms with Crippen molar-refractivity contribution >= 4 is 17.2 Å². The quantitative estimate of drug-likeness (QED) is 0.851. The summed E-state index contributed by atoms with van der Waals surface area (Å²) in [5.74, 6) is 0.290. The van der Waals surface area contributed by atoms with Gasteiger partial charge in [-0.25, -0.2) is 0 Å². The Hall–Kier alpha value is -1.62. The number of likely N-dealkylation sites (tertiary alicyclic amines) is 1. The molecule has 5 heteroatoms. The summed E-state index contributed by atoms with van der Waals surface area (Å²) in [6, 6.07) is 4.44. The van der Waals surface area contributed by atoms with E-state index < -0.39 is 0 Å². The molecule has 112 valence electrons. The van der Waals surface area contributed by atoms with Gasteiger partial charge in [0, 0.05) is 36.7 Å². The fourth-order valence-corrected chi connectivity index (χ4v) is 3.79. The molecule has 1 saturated heterocycles. The van der Waals surface area contributed by atoms with Gasteiger partial charge in [0.1, 0.15) is 0 Å². The first kappa shape index (κ1) is 14.3.